The Morgan fingerprint density at radius 1 is 1.13 bits per heavy atom. The van der Waals surface area contributed by atoms with Crippen LogP contribution in [0.25, 0.3) is 0 Å². The van der Waals surface area contributed by atoms with E-state index in [2.05, 4.69) is 12.2 Å². The fourth-order valence-corrected chi connectivity index (χ4v) is 3.91. The van der Waals surface area contributed by atoms with E-state index >= 15 is 0 Å². The molecule has 8 heteroatoms. The van der Waals surface area contributed by atoms with Crippen molar-refractivity contribution in [3.05, 3.63) is 41.5 Å². The van der Waals surface area contributed by atoms with Crippen LogP contribution in [0.5, 0.6) is 5.75 Å². The number of benzene rings is 1. The molecule has 6 nitrogen and oxygen atoms in total. The molecule has 0 N–H and O–H groups in total. The first-order valence-corrected chi connectivity index (χ1v) is 10.5. The van der Waals surface area contributed by atoms with Crippen molar-refractivity contribution in [2.75, 3.05) is 26.9 Å². The minimum absolute atomic E-state index is 0.0278. The van der Waals surface area contributed by atoms with Crippen molar-refractivity contribution < 1.29 is 32.5 Å². The van der Waals surface area contributed by atoms with Gasteiger partial charge in [0.15, 0.2) is 0 Å². The van der Waals surface area contributed by atoms with E-state index in [-0.39, 0.29) is 24.9 Å². The Kier molecular flexibility index (Phi) is 8.52. The zero-order valence-electron chi connectivity index (χ0n) is 17.5. The van der Waals surface area contributed by atoms with Crippen LogP contribution >= 0.6 is 0 Å². The third kappa shape index (κ3) is 6.57. The fourth-order valence-electron chi connectivity index (χ4n) is 3.91. The van der Waals surface area contributed by atoms with Gasteiger partial charge < -0.3 is 18.9 Å². The summed E-state index contributed by atoms with van der Waals surface area (Å²) in [6.07, 6.45) is 8.88. The molecule has 0 atom stereocenters. The Hall–Kier alpha value is -2.34. The van der Waals surface area contributed by atoms with Gasteiger partial charge in [-0.1, -0.05) is 12.2 Å². The molecule has 1 aliphatic heterocycles. The molecule has 0 amide bonds. The Morgan fingerprint density at radius 2 is 1.74 bits per heavy atom. The average Bonchev–Trinajstić information content (AvgIpc) is 2.77. The number of rotatable bonds is 7. The molecule has 1 aromatic rings. The van der Waals surface area contributed by atoms with Crippen molar-refractivity contribution in [2.24, 2.45) is 17.8 Å². The molecule has 0 unspecified atom stereocenters. The molecular weight excluding hydrogens is 408 g/mol. The van der Waals surface area contributed by atoms with E-state index in [9.17, 15) is 13.6 Å². The van der Waals surface area contributed by atoms with Gasteiger partial charge in [-0.25, -0.2) is 13.6 Å². The van der Waals surface area contributed by atoms with Crippen LogP contribution in [0, 0.1) is 40.7 Å². The van der Waals surface area contributed by atoms with Crippen molar-refractivity contribution in [3.63, 3.8) is 0 Å². The second-order valence-corrected chi connectivity index (χ2v) is 8.00. The molecule has 1 saturated carbocycles. The summed E-state index contributed by atoms with van der Waals surface area (Å²) < 4.78 is 48.2. The Balaban J connectivity index is 1.42. The van der Waals surface area contributed by atoms with Crippen LogP contribution in [0.3, 0.4) is 0 Å². The van der Waals surface area contributed by atoms with Gasteiger partial charge in [0.05, 0.1) is 13.2 Å². The molecule has 1 aliphatic carbocycles. The summed E-state index contributed by atoms with van der Waals surface area (Å²) in [5.74, 6) is -2.14. The van der Waals surface area contributed by atoms with Gasteiger partial charge in [-0.05, 0) is 43.9 Å². The Morgan fingerprint density at radius 3 is 2.32 bits per heavy atom. The maximum Gasteiger partial charge on any atom is 0.368 e. The number of halogens is 2. The minimum atomic E-state index is -1.26. The number of allylic oxidation sites excluding steroid dienone is 1. The normalized spacial score (nSPS) is 26.5. The van der Waals surface area contributed by atoms with Crippen molar-refractivity contribution in [1.82, 2.24) is 0 Å². The van der Waals surface area contributed by atoms with Crippen molar-refractivity contribution in [1.29, 1.82) is 5.26 Å². The zero-order valence-corrected chi connectivity index (χ0v) is 17.5. The maximum absolute atomic E-state index is 13.6. The number of ether oxygens (including phenoxy) is 4. The largest absolute Gasteiger partial charge is 0.423 e. The molecule has 3 rings (SSSR count). The van der Waals surface area contributed by atoms with Gasteiger partial charge in [0.2, 0.25) is 0 Å². The lowest BCUT2D eigenvalue weighted by Crippen LogP contribution is -2.39. The predicted molar refractivity (Wildman–Crippen MR) is 107 cm³/mol. The second kappa shape index (κ2) is 11.3. The van der Waals surface area contributed by atoms with Crippen molar-refractivity contribution >= 4 is 5.97 Å². The van der Waals surface area contributed by atoms with E-state index in [0.29, 0.717) is 5.92 Å². The van der Waals surface area contributed by atoms with E-state index < -0.39 is 29.5 Å². The molecule has 1 heterocycles. The number of hydrogen-bond donors (Lipinski definition) is 0. The van der Waals surface area contributed by atoms with E-state index in [1.807, 2.05) is 0 Å². The maximum atomic E-state index is 13.6. The lowest BCUT2D eigenvalue weighted by Gasteiger charge is -2.28. The number of methoxy groups -OCH3 is 1. The monoisotopic (exact) mass is 435 g/mol. The summed E-state index contributed by atoms with van der Waals surface area (Å²) in [6.45, 7) is 1.39. The SMILES string of the molecule is COCCC1CCC(/C=C/C2COC(C(=O)Oc3cc(F)c(C#N)c(F)c3)OC2)CC1. The number of carbonyl (C=O) groups is 1. The molecule has 31 heavy (non-hydrogen) atoms. The smallest absolute Gasteiger partial charge is 0.368 e. The Bertz CT molecular complexity index is 799. The molecule has 0 aromatic heterocycles. The summed E-state index contributed by atoms with van der Waals surface area (Å²) in [7, 11) is 1.74. The van der Waals surface area contributed by atoms with E-state index in [1.165, 1.54) is 18.9 Å². The topological polar surface area (TPSA) is 77.8 Å². The number of esters is 1. The van der Waals surface area contributed by atoms with Crippen molar-refractivity contribution in [2.45, 2.75) is 38.4 Å². The summed E-state index contributed by atoms with van der Waals surface area (Å²) in [6, 6.07) is 2.96. The molecule has 168 valence electrons. The van der Waals surface area contributed by atoms with Crippen LogP contribution in [0.4, 0.5) is 8.78 Å². The summed E-state index contributed by atoms with van der Waals surface area (Å²) in [5.41, 5.74) is -0.733. The molecular formula is C23H27F2NO5. The van der Waals surface area contributed by atoms with Gasteiger partial charge in [0.25, 0.3) is 6.29 Å². The number of nitrogens with zero attached hydrogens (tertiary/aromatic N) is 1. The van der Waals surface area contributed by atoms with Crippen LogP contribution in [0.15, 0.2) is 24.3 Å². The second-order valence-electron chi connectivity index (χ2n) is 8.00. The molecule has 0 radical (unpaired) electrons. The summed E-state index contributed by atoms with van der Waals surface area (Å²) in [4.78, 5) is 12.2. The van der Waals surface area contributed by atoms with Crippen LogP contribution in [0.2, 0.25) is 0 Å². The highest BCUT2D eigenvalue weighted by Gasteiger charge is 2.29. The van der Waals surface area contributed by atoms with Gasteiger partial charge in [-0.2, -0.15) is 5.26 Å². The molecule has 0 spiro atoms. The van der Waals surface area contributed by atoms with Crippen molar-refractivity contribution in [3.8, 4) is 11.8 Å². The first kappa shape index (κ1) is 23.3. The lowest BCUT2D eigenvalue weighted by molar-refractivity contribution is -0.210. The van der Waals surface area contributed by atoms with Crippen LogP contribution in [0.1, 0.15) is 37.7 Å². The predicted octanol–water partition coefficient (Wildman–Crippen LogP) is 4.13. The fraction of sp³-hybridized carbons (Fsp3) is 0.565. The average molecular weight is 435 g/mol. The van der Waals surface area contributed by atoms with Gasteiger partial charge in [0, 0.05) is 31.8 Å². The standard InChI is InChI=1S/C23H27F2NO5/c1-28-9-8-16-4-2-15(3-5-16)6-7-17-13-29-23(30-14-17)22(27)31-18-10-20(24)19(12-26)21(25)11-18/h6-7,10-11,15-17,23H,2-5,8-9,13-14H2,1H3/b7-6+. The molecule has 1 aromatic carbocycles. The van der Waals surface area contributed by atoms with Gasteiger partial charge >= 0.3 is 5.97 Å². The lowest BCUT2D eigenvalue weighted by atomic mass is 9.80. The van der Waals surface area contributed by atoms with E-state index in [1.54, 1.807) is 7.11 Å². The van der Waals surface area contributed by atoms with Gasteiger partial charge in [0.1, 0.15) is 29.0 Å². The number of nitriles is 1. The van der Waals surface area contributed by atoms with Gasteiger partial charge in [-0.3, -0.25) is 0 Å². The summed E-state index contributed by atoms with van der Waals surface area (Å²) >= 11 is 0. The van der Waals surface area contributed by atoms with Crippen LogP contribution in [-0.4, -0.2) is 39.2 Å². The van der Waals surface area contributed by atoms with E-state index in [0.717, 1.165) is 43.9 Å². The first-order valence-electron chi connectivity index (χ1n) is 10.5. The van der Waals surface area contributed by atoms with E-state index in [4.69, 9.17) is 24.2 Å². The molecule has 0 bridgehead atoms. The molecule has 1 saturated heterocycles. The zero-order chi connectivity index (χ0) is 22.2. The number of carbonyl (C=O) groups excluding carboxylic acids is 1. The first-order chi connectivity index (χ1) is 15.0. The number of hydrogen-bond acceptors (Lipinski definition) is 6. The van der Waals surface area contributed by atoms with Gasteiger partial charge in [-0.15, -0.1) is 0 Å². The Labute approximate surface area is 180 Å². The van der Waals surface area contributed by atoms with Crippen LogP contribution < -0.4 is 4.74 Å². The highest BCUT2D eigenvalue weighted by molar-refractivity contribution is 5.76. The minimum Gasteiger partial charge on any atom is -0.423 e. The quantitative estimate of drug-likeness (QED) is 0.364. The third-order valence-corrected chi connectivity index (χ3v) is 5.74. The summed E-state index contributed by atoms with van der Waals surface area (Å²) in [5, 5.41) is 8.68. The molecule has 2 aliphatic rings. The molecule has 2 fully saturated rings. The highest BCUT2D eigenvalue weighted by Crippen LogP contribution is 2.32. The van der Waals surface area contributed by atoms with Crippen LogP contribution in [-0.2, 0) is 19.0 Å². The highest BCUT2D eigenvalue weighted by atomic mass is 19.1. The third-order valence-electron chi connectivity index (χ3n) is 5.74.